The van der Waals surface area contributed by atoms with Crippen molar-refractivity contribution in [2.24, 2.45) is 0 Å². The van der Waals surface area contributed by atoms with Crippen LogP contribution in [0.4, 0.5) is 5.69 Å². The van der Waals surface area contributed by atoms with Crippen LogP contribution >= 0.6 is 35.1 Å². The molecule has 1 heterocycles. The van der Waals surface area contributed by atoms with Gasteiger partial charge in [0, 0.05) is 12.7 Å². The number of hydrogen-bond acceptors (Lipinski definition) is 4. The molecule has 122 valence electrons. The SMILES string of the molecule is C=Cc1ccc(CN(c2ccc(Cl)c(Cl)c2)N(CC)SC)nc1. The number of benzene rings is 1. The van der Waals surface area contributed by atoms with Crippen LogP contribution in [0.2, 0.25) is 10.0 Å². The molecule has 0 N–H and O–H groups in total. The summed E-state index contributed by atoms with van der Waals surface area (Å²) >= 11 is 13.9. The van der Waals surface area contributed by atoms with E-state index in [4.69, 9.17) is 23.2 Å². The molecule has 0 radical (unpaired) electrons. The first-order valence-corrected chi connectivity index (χ1v) is 9.14. The van der Waals surface area contributed by atoms with Gasteiger partial charge in [0.1, 0.15) is 0 Å². The van der Waals surface area contributed by atoms with E-state index < -0.39 is 0 Å². The van der Waals surface area contributed by atoms with Crippen LogP contribution in [0.15, 0.2) is 43.1 Å². The van der Waals surface area contributed by atoms with Gasteiger partial charge in [0.15, 0.2) is 0 Å². The Morgan fingerprint density at radius 2 is 2.00 bits per heavy atom. The van der Waals surface area contributed by atoms with E-state index in [0.717, 1.165) is 23.5 Å². The molecule has 3 nitrogen and oxygen atoms in total. The van der Waals surface area contributed by atoms with Crippen molar-refractivity contribution in [2.75, 3.05) is 17.8 Å². The van der Waals surface area contributed by atoms with Gasteiger partial charge in [0.2, 0.25) is 0 Å². The molecule has 23 heavy (non-hydrogen) atoms. The summed E-state index contributed by atoms with van der Waals surface area (Å²) in [6, 6.07) is 9.67. The van der Waals surface area contributed by atoms with Crippen LogP contribution in [0.25, 0.3) is 6.08 Å². The van der Waals surface area contributed by atoms with Crippen molar-refractivity contribution in [2.45, 2.75) is 13.5 Å². The van der Waals surface area contributed by atoms with Gasteiger partial charge in [-0.25, -0.2) is 0 Å². The lowest BCUT2D eigenvalue weighted by Gasteiger charge is -2.34. The second kappa shape index (κ2) is 8.60. The average Bonchev–Trinajstić information content (AvgIpc) is 2.58. The van der Waals surface area contributed by atoms with Gasteiger partial charge in [-0.1, -0.05) is 53.9 Å². The van der Waals surface area contributed by atoms with E-state index in [1.54, 1.807) is 18.0 Å². The van der Waals surface area contributed by atoms with Gasteiger partial charge in [0.25, 0.3) is 0 Å². The highest BCUT2D eigenvalue weighted by atomic mass is 35.5. The molecule has 0 bridgehead atoms. The summed E-state index contributed by atoms with van der Waals surface area (Å²) in [6.07, 6.45) is 5.65. The van der Waals surface area contributed by atoms with Crippen LogP contribution < -0.4 is 5.01 Å². The third-order valence-electron chi connectivity index (χ3n) is 3.35. The third kappa shape index (κ3) is 4.64. The second-order valence-electron chi connectivity index (χ2n) is 4.79. The van der Waals surface area contributed by atoms with E-state index in [1.165, 1.54) is 0 Å². The number of rotatable bonds is 7. The van der Waals surface area contributed by atoms with Crippen molar-refractivity contribution < 1.29 is 0 Å². The molecule has 0 atom stereocenters. The summed E-state index contributed by atoms with van der Waals surface area (Å²) in [5.41, 5.74) is 2.95. The second-order valence-corrected chi connectivity index (χ2v) is 6.40. The summed E-state index contributed by atoms with van der Waals surface area (Å²) in [6.45, 7) is 7.36. The van der Waals surface area contributed by atoms with Gasteiger partial charge in [-0.3, -0.25) is 9.99 Å². The zero-order valence-corrected chi connectivity index (χ0v) is 15.5. The Balaban J connectivity index is 2.32. The number of pyridine rings is 1. The molecular formula is C17H19Cl2N3S. The first kappa shape index (κ1) is 18.1. The number of hydrogen-bond donors (Lipinski definition) is 0. The Hall–Kier alpha value is -1.20. The fraction of sp³-hybridized carbons (Fsp3) is 0.235. The molecule has 1 aromatic carbocycles. The largest absolute Gasteiger partial charge is 0.290 e. The van der Waals surface area contributed by atoms with Crippen LogP contribution in [0, 0.1) is 0 Å². The maximum Gasteiger partial charge on any atom is 0.0778 e. The molecule has 0 unspecified atom stereocenters. The van der Waals surface area contributed by atoms with Gasteiger partial charge in [0.05, 0.1) is 28.0 Å². The van der Waals surface area contributed by atoms with Gasteiger partial charge in [-0.05, 0) is 43.0 Å². The highest BCUT2D eigenvalue weighted by Crippen LogP contribution is 2.30. The van der Waals surface area contributed by atoms with Crippen molar-refractivity contribution in [1.29, 1.82) is 0 Å². The normalized spacial score (nSPS) is 10.8. The Morgan fingerprint density at radius 1 is 1.22 bits per heavy atom. The Bertz CT molecular complexity index is 657. The van der Waals surface area contributed by atoms with E-state index in [9.17, 15) is 0 Å². The molecule has 0 aliphatic carbocycles. The summed E-state index contributed by atoms with van der Waals surface area (Å²) in [4.78, 5) is 4.50. The fourth-order valence-corrected chi connectivity index (χ4v) is 3.05. The monoisotopic (exact) mass is 367 g/mol. The van der Waals surface area contributed by atoms with Crippen LogP contribution in [0.3, 0.4) is 0 Å². The van der Waals surface area contributed by atoms with E-state index >= 15 is 0 Å². The standard InChI is InChI=1S/C17H19Cl2N3S/c1-4-13-6-7-14(20-11-13)12-21(22(5-2)23-3)15-8-9-16(18)17(19)10-15/h4,6-11H,1,5,12H2,2-3H3. The number of nitrogens with zero attached hydrogens (tertiary/aromatic N) is 3. The van der Waals surface area contributed by atoms with E-state index in [2.05, 4.69) is 27.9 Å². The average molecular weight is 368 g/mol. The molecule has 0 saturated carbocycles. The number of halogens is 2. The van der Waals surface area contributed by atoms with E-state index in [0.29, 0.717) is 16.6 Å². The summed E-state index contributed by atoms with van der Waals surface area (Å²) in [7, 11) is 0. The molecule has 6 heteroatoms. The molecule has 0 fully saturated rings. The van der Waals surface area contributed by atoms with Crippen LogP contribution in [0.1, 0.15) is 18.2 Å². The molecule has 2 aromatic rings. The molecule has 0 aliphatic rings. The van der Waals surface area contributed by atoms with Crippen molar-refractivity contribution >= 4 is 46.9 Å². The highest BCUT2D eigenvalue weighted by Gasteiger charge is 2.16. The Labute approximate surface area is 152 Å². The minimum atomic E-state index is 0.543. The van der Waals surface area contributed by atoms with Crippen molar-refractivity contribution in [3.8, 4) is 0 Å². The van der Waals surface area contributed by atoms with Gasteiger partial charge in [-0.2, -0.15) is 4.41 Å². The summed E-state index contributed by atoms with van der Waals surface area (Å²) in [5, 5.41) is 3.24. The lowest BCUT2D eigenvalue weighted by Crippen LogP contribution is -2.37. The lowest BCUT2D eigenvalue weighted by molar-refractivity contribution is 0.446. The zero-order chi connectivity index (χ0) is 16.8. The molecule has 2 rings (SSSR count). The van der Waals surface area contributed by atoms with Crippen LogP contribution in [0.5, 0.6) is 0 Å². The fourth-order valence-electron chi connectivity index (χ4n) is 2.15. The van der Waals surface area contributed by atoms with Gasteiger partial charge in [-0.15, -0.1) is 0 Å². The maximum absolute atomic E-state index is 6.18. The molecule has 0 spiro atoms. The minimum Gasteiger partial charge on any atom is -0.290 e. The third-order valence-corrected chi connectivity index (χ3v) is 4.96. The van der Waals surface area contributed by atoms with Gasteiger partial charge >= 0.3 is 0 Å². The lowest BCUT2D eigenvalue weighted by atomic mass is 10.2. The zero-order valence-electron chi connectivity index (χ0n) is 13.2. The van der Waals surface area contributed by atoms with Crippen molar-refractivity contribution in [3.05, 3.63) is 64.4 Å². The number of hydrazine groups is 1. The molecule has 0 amide bonds. The first-order valence-electron chi connectivity index (χ1n) is 7.20. The first-order chi connectivity index (χ1) is 11.1. The van der Waals surface area contributed by atoms with Crippen molar-refractivity contribution in [1.82, 2.24) is 9.40 Å². The highest BCUT2D eigenvalue weighted by molar-refractivity contribution is 7.96. The summed E-state index contributed by atoms with van der Waals surface area (Å²) < 4.78 is 2.16. The van der Waals surface area contributed by atoms with E-state index in [-0.39, 0.29) is 0 Å². The molecular weight excluding hydrogens is 349 g/mol. The molecule has 0 saturated heterocycles. The molecule has 1 aromatic heterocycles. The van der Waals surface area contributed by atoms with E-state index in [1.807, 2.05) is 42.8 Å². The number of anilines is 1. The predicted octanol–water partition coefficient (Wildman–Crippen LogP) is 5.55. The smallest absolute Gasteiger partial charge is 0.0778 e. The quantitative estimate of drug-likeness (QED) is 0.471. The Morgan fingerprint density at radius 3 is 2.52 bits per heavy atom. The van der Waals surface area contributed by atoms with Gasteiger partial charge < -0.3 is 0 Å². The Kier molecular flexibility index (Phi) is 6.78. The summed E-state index contributed by atoms with van der Waals surface area (Å²) in [5.74, 6) is 0. The van der Waals surface area contributed by atoms with Crippen molar-refractivity contribution in [3.63, 3.8) is 0 Å². The topological polar surface area (TPSA) is 19.4 Å². The van der Waals surface area contributed by atoms with Crippen LogP contribution in [-0.4, -0.2) is 22.2 Å². The number of aromatic nitrogens is 1. The maximum atomic E-state index is 6.18. The van der Waals surface area contributed by atoms with Crippen LogP contribution in [-0.2, 0) is 6.54 Å². The predicted molar refractivity (Wildman–Crippen MR) is 103 cm³/mol. The molecule has 0 aliphatic heterocycles. The minimum absolute atomic E-state index is 0.543.